The third-order valence-electron chi connectivity index (χ3n) is 3.27. The summed E-state index contributed by atoms with van der Waals surface area (Å²) in [5.74, 6) is -0.474. The van der Waals surface area contributed by atoms with E-state index in [-0.39, 0.29) is 6.54 Å². The van der Waals surface area contributed by atoms with Crippen LogP contribution in [0.4, 0.5) is 23.4 Å². The standard InChI is InChI=1S/C16H17F4N3/c1-23(2)15-12(4-3-7-22-15)10-21-9-11-5-6-14(17)13(8-11)16(18,19)20/h3-8,21H,9-10H2,1-2H3. The van der Waals surface area contributed by atoms with Gasteiger partial charge in [0.1, 0.15) is 11.6 Å². The van der Waals surface area contributed by atoms with Crippen LogP contribution < -0.4 is 10.2 Å². The van der Waals surface area contributed by atoms with Crippen LogP contribution in [0.25, 0.3) is 0 Å². The highest BCUT2D eigenvalue weighted by atomic mass is 19.4. The van der Waals surface area contributed by atoms with Crippen LogP contribution >= 0.6 is 0 Å². The lowest BCUT2D eigenvalue weighted by Gasteiger charge is -2.16. The number of halogens is 4. The first kappa shape index (κ1) is 17.2. The van der Waals surface area contributed by atoms with Crippen molar-refractivity contribution in [3.63, 3.8) is 0 Å². The minimum Gasteiger partial charge on any atom is -0.362 e. The summed E-state index contributed by atoms with van der Waals surface area (Å²) in [6, 6.07) is 6.70. The average molecular weight is 327 g/mol. The fourth-order valence-corrected chi connectivity index (χ4v) is 2.21. The first-order valence-electron chi connectivity index (χ1n) is 6.96. The van der Waals surface area contributed by atoms with Crippen LogP contribution in [0.5, 0.6) is 0 Å². The average Bonchev–Trinajstić information content (AvgIpc) is 2.48. The maximum Gasteiger partial charge on any atom is 0.419 e. The molecule has 0 radical (unpaired) electrons. The molecule has 0 unspecified atom stereocenters. The number of rotatable bonds is 5. The highest BCUT2D eigenvalue weighted by molar-refractivity contribution is 5.45. The summed E-state index contributed by atoms with van der Waals surface area (Å²) in [6.07, 6.45) is -3.02. The molecule has 7 heteroatoms. The lowest BCUT2D eigenvalue weighted by atomic mass is 10.1. The highest BCUT2D eigenvalue weighted by Gasteiger charge is 2.34. The van der Waals surface area contributed by atoms with Crippen molar-refractivity contribution in [2.24, 2.45) is 0 Å². The number of hydrogen-bond acceptors (Lipinski definition) is 3. The Morgan fingerprint density at radius 2 is 1.87 bits per heavy atom. The molecule has 1 heterocycles. The van der Waals surface area contributed by atoms with E-state index in [1.54, 1.807) is 12.3 Å². The summed E-state index contributed by atoms with van der Waals surface area (Å²) in [7, 11) is 3.73. The predicted octanol–water partition coefficient (Wildman–Crippen LogP) is 3.60. The van der Waals surface area contributed by atoms with Crippen LogP contribution in [-0.4, -0.2) is 19.1 Å². The molecular weight excluding hydrogens is 310 g/mol. The quantitative estimate of drug-likeness (QED) is 0.851. The molecule has 23 heavy (non-hydrogen) atoms. The molecule has 2 aromatic rings. The van der Waals surface area contributed by atoms with Gasteiger partial charge in [-0.2, -0.15) is 13.2 Å². The normalized spacial score (nSPS) is 11.6. The Bertz CT molecular complexity index is 669. The summed E-state index contributed by atoms with van der Waals surface area (Å²) < 4.78 is 51.3. The van der Waals surface area contributed by atoms with Gasteiger partial charge in [0.2, 0.25) is 0 Å². The SMILES string of the molecule is CN(C)c1ncccc1CNCc1ccc(F)c(C(F)(F)F)c1. The van der Waals surface area contributed by atoms with Gasteiger partial charge in [-0.25, -0.2) is 9.37 Å². The summed E-state index contributed by atoms with van der Waals surface area (Å²) >= 11 is 0. The number of nitrogens with zero attached hydrogens (tertiary/aromatic N) is 2. The van der Waals surface area contributed by atoms with Gasteiger partial charge in [0, 0.05) is 38.9 Å². The van der Waals surface area contributed by atoms with Crippen molar-refractivity contribution in [3.05, 3.63) is 59.0 Å². The summed E-state index contributed by atoms with van der Waals surface area (Å²) in [4.78, 5) is 6.11. The van der Waals surface area contributed by atoms with Gasteiger partial charge < -0.3 is 10.2 Å². The summed E-state index contributed by atoms with van der Waals surface area (Å²) in [6.45, 7) is 0.644. The van der Waals surface area contributed by atoms with Gasteiger partial charge >= 0.3 is 6.18 Å². The van der Waals surface area contributed by atoms with Gasteiger partial charge in [-0.3, -0.25) is 0 Å². The van der Waals surface area contributed by atoms with Crippen LogP contribution in [0, 0.1) is 5.82 Å². The van der Waals surface area contributed by atoms with Gasteiger partial charge in [-0.15, -0.1) is 0 Å². The molecule has 0 aliphatic carbocycles. The largest absolute Gasteiger partial charge is 0.419 e. The van der Waals surface area contributed by atoms with Crippen LogP contribution in [0.1, 0.15) is 16.7 Å². The topological polar surface area (TPSA) is 28.2 Å². The lowest BCUT2D eigenvalue weighted by molar-refractivity contribution is -0.140. The van der Waals surface area contributed by atoms with Gasteiger partial charge in [-0.05, 0) is 23.8 Å². The number of hydrogen-bond donors (Lipinski definition) is 1. The lowest BCUT2D eigenvalue weighted by Crippen LogP contribution is -2.18. The molecule has 0 fully saturated rings. The summed E-state index contributed by atoms with van der Waals surface area (Å²) in [5, 5.41) is 3.05. The smallest absolute Gasteiger partial charge is 0.362 e. The molecule has 0 atom stereocenters. The second-order valence-electron chi connectivity index (χ2n) is 5.30. The van der Waals surface area contributed by atoms with Crippen molar-refractivity contribution >= 4 is 5.82 Å². The molecular formula is C16H17F4N3. The zero-order valence-corrected chi connectivity index (χ0v) is 12.8. The van der Waals surface area contributed by atoms with E-state index in [4.69, 9.17) is 0 Å². The van der Waals surface area contributed by atoms with E-state index in [0.29, 0.717) is 12.1 Å². The predicted molar refractivity (Wildman–Crippen MR) is 80.5 cm³/mol. The zero-order valence-electron chi connectivity index (χ0n) is 12.8. The molecule has 0 spiro atoms. The van der Waals surface area contributed by atoms with E-state index >= 15 is 0 Å². The maximum atomic E-state index is 13.2. The molecule has 124 valence electrons. The van der Waals surface area contributed by atoms with E-state index in [1.165, 1.54) is 6.07 Å². The number of pyridine rings is 1. The third-order valence-corrected chi connectivity index (χ3v) is 3.27. The van der Waals surface area contributed by atoms with E-state index in [1.807, 2.05) is 25.1 Å². The second-order valence-corrected chi connectivity index (χ2v) is 5.30. The van der Waals surface area contributed by atoms with Crippen LogP contribution in [0.2, 0.25) is 0 Å². The van der Waals surface area contributed by atoms with Crippen molar-refractivity contribution < 1.29 is 17.6 Å². The van der Waals surface area contributed by atoms with Gasteiger partial charge in [-0.1, -0.05) is 12.1 Å². The van der Waals surface area contributed by atoms with Crippen molar-refractivity contribution in [1.82, 2.24) is 10.3 Å². The molecule has 2 rings (SSSR count). The number of benzene rings is 1. The van der Waals surface area contributed by atoms with Crippen molar-refractivity contribution in [3.8, 4) is 0 Å². The fraction of sp³-hybridized carbons (Fsp3) is 0.312. The molecule has 0 saturated carbocycles. The number of alkyl halides is 3. The highest BCUT2D eigenvalue weighted by Crippen LogP contribution is 2.31. The molecule has 0 aliphatic rings. The Labute approximate surface area is 132 Å². The van der Waals surface area contributed by atoms with Crippen LogP contribution in [-0.2, 0) is 19.3 Å². The molecule has 0 bridgehead atoms. The fourth-order valence-electron chi connectivity index (χ4n) is 2.21. The second kappa shape index (κ2) is 6.95. The van der Waals surface area contributed by atoms with E-state index in [2.05, 4.69) is 10.3 Å². The molecule has 0 saturated heterocycles. The minimum atomic E-state index is -4.69. The third kappa shape index (κ3) is 4.41. The molecule has 1 N–H and O–H groups in total. The van der Waals surface area contributed by atoms with E-state index in [9.17, 15) is 17.6 Å². The molecule has 1 aromatic carbocycles. The van der Waals surface area contributed by atoms with Crippen LogP contribution in [0.15, 0.2) is 36.5 Å². The van der Waals surface area contributed by atoms with Crippen molar-refractivity contribution in [1.29, 1.82) is 0 Å². The van der Waals surface area contributed by atoms with Gasteiger partial charge in [0.15, 0.2) is 0 Å². The number of anilines is 1. The zero-order chi connectivity index (χ0) is 17.0. The first-order valence-corrected chi connectivity index (χ1v) is 6.96. The molecule has 0 aliphatic heterocycles. The monoisotopic (exact) mass is 327 g/mol. The Kier molecular flexibility index (Phi) is 5.20. The Balaban J connectivity index is 2.05. The van der Waals surface area contributed by atoms with Gasteiger partial charge in [0.25, 0.3) is 0 Å². The molecule has 0 amide bonds. The molecule has 1 aromatic heterocycles. The number of nitrogens with one attached hydrogen (secondary N) is 1. The first-order chi connectivity index (χ1) is 10.8. The molecule has 3 nitrogen and oxygen atoms in total. The maximum absolute atomic E-state index is 13.2. The van der Waals surface area contributed by atoms with E-state index in [0.717, 1.165) is 23.5 Å². The minimum absolute atomic E-state index is 0.200. The Morgan fingerprint density at radius 1 is 1.13 bits per heavy atom. The van der Waals surface area contributed by atoms with Crippen LogP contribution in [0.3, 0.4) is 0 Å². The van der Waals surface area contributed by atoms with Gasteiger partial charge in [0.05, 0.1) is 5.56 Å². The van der Waals surface area contributed by atoms with Crippen molar-refractivity contribution in [2.75, 3.05) is 19.0 Å². The Hall–Kier alpha value is -2.15. The Morgan fingerprint density at radius 3 is 2.52 bits per heavy atom. The van der Waals surface area contributed by atoms with E-state index < -0.39 is 17.6 Å². The number of aromatic nitrogens is 1. The summed E-state index contributed by atoms with van der Waals surface area (Å²) in [5.41, 5.74) is 0.0526. The van der Waals surface area contributed by atoms with Crippen molar-refractivity contribution in [2.45, 2.75) is 19.3 Å².